The van der Waals surface area contributed by atoms with Crippen molar-refractivity contribution in [3.8, 4) is 11.3 Å². The van der Waals surface area contributed by atoms with E-state index in [2.05, 4.69) is 127 Å². The van der Waals surface area contributed by atoms with Crippen LogP contribution in [0.3, 0.4) is 0 Å². The van der Waals surface area contributed by atoms with Crippen molar-refractivity contribution in [2.45, 2.75) is 58.0 Å². The molecule has 0 bridgehead atoms. The number of unbranched alkanes of at least 4 members (excludes halogenated alkanes) is 3. The van der Waals surface area contributed by atoms with Gasteiger partial charge in [0.15, 0.2) is 0 Å². The second-order valence-electron chi connectivity index (χ2n) is 11.4. The van der Waals surface area contributed by atoms with E-state index < -0.39 is 8.32 Å². The third-order valence-corrected chi connectivity index (χ3v) is 12.8. The zero-order chi connectivity index (χ0) is 27.1. The van der Waals surface area contributed by atoms with Crippen molar-refractivity contribution >= 4 is 29.6 Å². The molecule has 0 aliphatic carbocycles. The summed E-state index contributed by atoms with van der Waals surface area (Å²) in [6, 6.07) is 37.0. The van der Waals surface area contributed by atoms with Gasteiger partial charge in [-0.2, -0.15) is 0 Å². The SMILES string of the molecule is CC(C)(C)[Si](OCCCCCCn1c(-c2cccnc2)cc2ccccc21)(c1ccccc1)c1ccccc1. The molecule has 0 fully saturated rings. The second-order valence-corrected chi connectivity index (χ2v) is 15.7. The summed E-state index contributed by atoms with van der Waals surface area (Å²) in [6.45, 7) is 8.84. The normalized spacial score (nSPS) is 12.2. The summed E-state index contributed by atoms with van der Waals surface area (Å²) in [6.07, 6.45) is 8.37. The van der Waals surface area contributed by atoms with Crippen LogP contribution in [0, 0.1) is 0 Å². The summed E-state index contributed by atoms with van der Waals surface area (Å²) in [4.78, 5) is 4.36. The lowest BCUT2D eigenvalue weighted by atomic mass is 10.2. The van der Waals surface area contributed by atoms with Crippen LogP contribution in [0.4, 0.5) is 0 Å². The molecule has 0 radical (unpaired) electrons. The molecule has 4 heteroatoms. The van der Waals surface area contributed by atoms with Gasteiger partial charge < -0.3 is 8.99 Å². The van der Waals surface area contributed by atoms with Gasteiger partial charge in [0, 0.05) is 42.0 Å². The van der Waals surface area contributed by atoms with Crippen molar-refractivity contribution < 1.29 is 4.43 Å². The Hall–Kier alpha value is -3.47. The minimum atomic E-state index is -2.45. The quantitative estimate of drug-likeness (QED) is 0.128. The van der Waals surface area contributed by atoms with Crippen LogP contribution < -0.4 is 10.4 Å². The van der Waals surface area contributed by atoms with Crippen LogP contribution in [0.25, 0.3) is 22.2 Å². The van der Waals surface area contributed by atoms with Crippen LogP contribution in [0.1, 0.15) is 46.5 Å². The summed E-state index contributed by atoms with van der Waals surface area (Å²) < 4.78 is 9.54. The fourth-order valence-electron chi connectivity index (χ4n) is 5.92. The van der Waals surface area contributed by atoms with E-state index in [-0.39, 0.29) is 5.04 Å². The van der Waals surface area contributed by atoms with Gasteiger partial charge in [0.1, 0.15) is 0 Å². The highest BCUT2D eigenvalue weighted by molar-refractivity contribution is 6.99. The summed E-state index contributed by atoms with van der Waals surface area (Å²) >= 11 is 0. The van der Waals surface area contributed by atoms with Gasteiger partial charge in [-0.3, -0.25) is 4.98 Å². The van der Waals surface area contributed by atoms with Crippen molar-refractivity contribution in [2.75, 3.05) is 6.61 Å². The van der Waals surface area contributed by atoms with Crippen molar-refractivity contribution in [3.63, 3.8) is 0 Å². The van der Waals surface area contributed by atoms with E-state index in [0.29, 0.717) is 0 Å². The molecule has 0 amide bonds. The van der Waals surface area contributed by atoms with Gasteiger partial charge in [-0.1, -0.05) is 112 Å². The Labute approximate surface area is 234 Å². The Balaban J connectivity index is 1.24. The first-order valence-electron chi connectivity index (χ1n) is 14.2. The topological polar surface area (TPSA) is 27.1 Å². The molecular formula is C35H40N2OSi. The maximum absolute atomic E-state index is 7.08. The third-order valence-electron chi connectivity index (χ3n) is 7.78. The first-order valence-corrected chi connectivity index (χ1v) is 16.2. The molecule has 0 atom stereocenters. The molecule has 2 aromatic heterocycles. The van der Waals surface area contributed by atoms with E-state index in [0.717, 1.165) is 26.0 Å². The number of hydrogen-bond donors (Lipinski definition) is 0. The summed E-state index contributed by atoms with van der Waals surface area (Å²) in [5.41, 5.74) is 3.72. The minimum Gasteiger partial charge on any atom is -0.407 e. The minimum absolute atomic E-state index is 0.0217. The van der Waals surface area contributed by atoms with Gasteiger partial charge in [0.25, 0.3) is 8.32 Å². The Bertz CT molecular complexity index is 1420. The second kappa shape index (κ2) is 12.1. The van der Waals surface area contributed by atoms with Crippen molar-refractivity contribution in [1.29, 1.82) is 0 Å². The van der Waals surface area contributed by atoms with Gasteiger partial charge in [-0.25, -0.2) is 0 Å². The molecule has 3 nitrogen and oxygen atoms in total. The summed E-state index contributed by atoms with van der Waals surface area (Å²) in [5.74, 6) is 0. The zero-order valence-corrected chi connectivity index (χ0v) is 24.5. The highest BCUT2D eigenvalue weighted by atomic mass is 28.4. The molecule has 5 aromatic rings. The van der Waals surface area contributed by atoms with Crippen LogP contribution in [0.5, 0.6) is 0 Å². The van der Waals surface area contributed by atoms with Crippen LogP contribution in [-0.4, -0.2) is 24.5 Å². The number of rotatable bonds is 11. The molecular weight excluding hydrogens is 492 g/mol. The molecule has 5 rings (SSSR count). The largest absolute Gasteiger partial charge is 0.407 e. The number of benzene rings is 3. The Morgan fingerprint density at radius 2 is 1.36 bits per heavy atom. The first kappa shape index (κ1) is 27.1. The van der Waals surface area contributed by atoms with Gasteiger partial charge in [0.05, 0.1) is 5.69 Å². The van der Waals surface area contributed by atoms with E-state index in [1.807, 2.05) is 18.5 Å². The number of pyridine rings is 1. The van der Waals surface area contributed by atoms with E-state index in [4.69, 9.17) is 4.43 Å². The maximum Gasteiger partial charge on any atom is 0.261 e. The van der Waals surface area contributed by atoms with E-state index in [1.165, 1.54) is 45.4 Å². The lowest BCUT2D eigenvalue weighted by molar-refractivity contribution is 0.286. The zero-order valence-electron chi connectivity index (χ0n) is 23.5. The van der Waals surface area contributed by atoms with E-state index in [9.17, 15) is 0 Å². The molecule has 0 N–H and O–H groups in total. The highest BCUT2D eigenvalue weighted by Crippen LogP contribution is 2.37. The molecule has 2 heterocycles. The number of para-hydroxylation sites is 1. The fourth-order valence-corrected chi connectivity index (χ4v) is 10.5. The van der Waals surface area contributed by atoms with Gasteiger partial charge in [-0.05, 0) is 52.5 Å². The van der Waals surface area contributed by atoms with Gasteiger partial charge >= 0.3 is 0 Å². The standard InChI is InChI=1S/C35H40N2OSi/c1-35(2,3)39(31-19-8-6-9-20-31,32-21-10-7-11-22-32)38-26-15-5-4-14-25-37-33-23-13-12-17-29(33)27-34(37)30-18-16-24-36-28-30/h6-13,16-24,27-28H,4-5,14-15,25-26H2,1-3H3. The van der Waals surface area contributed by atoms with E-state index >= 15 is 0 Å². The number of hydrogen-bond acceptors (Lipinski definition) is 2. The smallest absolute Gasteiger partial charge is 0.261 e. The predicted octanol–water partition coefficient (Wildman–Crippen LogP) is 7.84. The van der Waals surface area contributed by atoms with Gasteiger partial charge in [0.2, 0.25) is 0 Å². The van der Waals surface area contributed by atoms with E-state index in [1.54, 1.807) is 0 Å². The Kier molecular flexibility index (Phi) is 8.44. The monoisotopic (exact) mass is 532 g/mol. The van der Waals surface area contributed by atoms with Crippen LogP contribution in [-0.2, 0) is 11.0 Å². The average Bonchev–Trinajstić information content (AvgIpc) is 3.34. The van der Waals surface area contributed by atoms with Crippen LogP contribution in [0.15, 0.2) is 116 Å². The molecule has 39 heavy (non-hydrogen) atoms. The lowest BCUT2D eigenvalue weighted by Gasteiger charge is -2.43. The molecule has 0 aliphatic heterocycles. The predicted molar refractivity (Wildman–Crippen MR) is 167 cm³/mol. The third kappa shape index (κ3) is 5.78. The molecule has 0 spiro atoms. The molecule has 200 valence electrons. The molecule has 3 aromatic carbocycles. The molecule has 0 aliphatic rings. The van der Waals surface area contributed by atoms with Crippen molar-refractivity contribution in [3.05, 3.63) is 116 Å². The highest BCUT2D eigenvalue weighted by Gasteiger charge is 2.49. The molecule has 0 unspecified atom stereocenters. The summed E-state index contributed by atoms with van der Waals surface area (Å²) in [5, 5.41) is 4.01. The molecule has 0 saturated carbocycles. The first-order chi connectivity index (χ1) is 19.0. The molecule has 0 saturated heterocycles. The Morgan fingerprint density at radius 3 is 2.00 bits per heavy atom. The van der Waals surface area contributed by atoms with Crippen LogP contribution >= 0.6 is 0 Å². The van der Waals surface area contributed by atoms with Crippen molar-refractivity contribution in [2.24, 2.45) is 0 Å². The van der Waals surface area contributed by atoms with Crippen LogP contribution in [0.2, 0.25) is 5.04 Å². The fraction of sp³-hybridized carbons (Fsp3) is 0.286. The number of nitrogens with zero attached hydrogens (tertiary/aromatic N) is 2. The maximum atomic E-state index is 7.08. The Morgan fingerprint density at radius 1 is 0.718 bits per heavy atom. The number of fused-ring (bicyclic) bond motifs is 1. The van der Waals surface area contributed by atoms with Crippen molar-refractivity contribution in [1.82, 2.24) is 9.55 Å². The number of aromatic nitrogens is 2. The van der Waals surface area contributed by atoms with Gasteiger partial charge in [-0.15, -0.1) is 0 Å². The number of aryl methyl sites for hydroxylation is 1. The average molecular weight is 533 g/mol. The lowest BCUT2D eigenvalue weighted by Crippen LogP contribution is -2.66. The summed E-state index contributed by atoms with van der Waals surface area (Å²) in [7, 11) is -2.45.